The molecule has 2 rings (SSSR count). The number of hydrogen-bond donors (Lipinski definition) is 0. The van der Waals surface area contributed by atoms with Crippen molar-refractivity contribution in [2.75, 3.05) is 0 Å². The second-order valence-electron chi connectivity index (χ2n) is 2.84. The predicted molar refractivity (Wildman–Crippen MR) is 55.2 cm³/mol. The first-order valence-corrected chi connectivity index (χ1v) is 4.92. The highest BCUT2D eigenvalue weighted by Crippen LogP contribution is 2.15. The van der Waals surface area contributed by atoms with Crippen molar-refractivity contribution in [2.24, 2.45) is 0 Å². The number of halogens is 1. The summed E-state index contributed by atoms with van der Waals surface area (Å²) < 4.78 is 5.61. The van der Waals surface area contributed by atoms with Gasteiger partial charge in [0.05, 0.1) is 0 Å². The minimum Gasteiger partial charge on any atom is -0.330 e. The molecule has 2 aromatic heterocycles. The van der Waals surface area contributed by atoms with Crippen molar-refractivity contribution in [2.45, 2.75) is 6.92 Å². The lowest BCUT2D eigenvalue weighted by molar-refractivity contribution is 0.0972. The maximum Gasteiger partial charge on any atom is 0.294 e. The number of carbonyl (C=O) groups excluding carboxylic acids is 1. The van der Waals surface area contributed by atoms with Gasteiger partial charge >= 0.3 is 0 Å². The number of pyridine rings is 1. The molecule has 2 heterocycles. The van der Waals surface area contributed by atoms with E-state index < -0.39 is 0 Å². The Bertz CT molecular complexity index is 492. The lowest BCUT2D eigenvalue weighted by Crippen LogP contribution is -1.91. The minimum absolute atomic E-state index is 0.00489. The highest BCUT2D eigenvalue weighted by molar-refractivity contribution is 9.10. The van der Waals surface area contributed by atoms with Crippen molar-refractivity contribution in [3.05, 3.63) is 28.7 Å². The van der Waals surface area contributed by atoms with Gasteiger partial charge in [-0.3, -0.25) is 9.78 Å². The number of hydrogen-bond acceptors (Lipinski definition) is 5. The minimum atomic E-state index is -0.258. The Kier molecular flexibility index (Phi) is 2.59. The van der Waals surface area contributed by atoms with Gasteiger partial charge in [0.2, 0.25) is 11.6 Å². The van der Waals surface area contributed by atoms with Crippen molar-refractivity contribution in [3.8, 4) is 11.5 Å². The number of nitrogens with zero attached hydrogens (tertiary/aromatic N) is 3. The number of aromatic nitrogens is 3. The smallest absolute Gasteiger partial charge is 0.294 e. The molecule has 0 N–H and O–H groups in total. The molecule has 0 spiro atoms. The molecule has 6 heteroatoms. The fraction of sp³-hybridized carbons (Fsp3) is 0.111. The van der Waals surface area contributed by atoms with Crippen LogP contribution in [0, 0.1) is 0 Å². The zero-order chi connectivity index (χ0) is 10.8. The van der Waals surface area contributed by atoms with Crippen LogP contribution in [0.2, 0.25) is 0 Å². The molecule has 0 aliphatic rings. The van der Waals surface area contributed by atoms with Crippen LogP contribution in [0.25, 0.3) is 11.5 Å². The standard InChI is InChI=1S/C9H6BrN3O2/c1-5(14)9-12-8(13-15-9)7-3-2-6(10)4-11-7/h2-4H,1H3. The van der Waals surface area contributed by atoms with Gasteiger partial charge in [-0.2, -0.15) is 4.98 Å². The van der Waals surface area contributed by atoms with Gasteiger partial charge in [0.15, 0.2) is 0 Å². The van der Waals surface area contributed by atoms with Crippen LogP contribution in [0.1, 0.15) is 17.6 Å². The monoisotopic (exact) mass is 267 g/mol. The Morgan fingerprint density at radius 3 is 2.80 bits per heavy atom. The largest absolute Gasteiger partial charge is 0.330 e. The lowest BCUT2D eigenvalue weighted by atomic mass is 10.3. The van der Waals surface area contributed by atoms with E-state index in [0.717, 1.165) is 4.47 Å². The van der Waals surface area contributed by atoms with Gasteiger partial charge in [0, 0.05) is 17.6 Å². The Morgan fingerprint density at radius 1 is 1.47 bits per heavy atom. The molecule has 0 bridgehead atoms. The Labute approximate surface area is 93.7 Å². The highest BCUT2D eigenvalue weighted by atomic mass is 79.9. The third kappa shape index (κ3) is 2.10. The Balaban J connectivity index is 2.37. The normalized spacial score (nSPS) is 10.3. The van der Waals surface area contributed by atoms with Crippen LogP contribution in [0.3, 0.4) is 0 Å². The van der Waals surface area contributed by atoms with Gasteiger partial charge in [-0.15, -0.1) is 0 Å². The fourth-order valence-electron chi connectivity index (χ4n) is 0.979. The van der Waals surface area contributed by atoms with Gasteiger partial charge in [-0.1, -0.05) is 5.16 Å². The third-order valence-electron chi connectivity index (χ3n) is 1.68. The Hall–Kier alpha value is -1.56. The molecule has 0 aliphatic carbocycles. The summed E-state index contributed by atoms with van der Waals surface area (Å²) in [6.07, 6.45) is 1.62. The summed E-state index contributed by atoms with van der Waals surface area (Å²) in [5.74, 6) is 0.0493. The first-order chi connectivity index (χ1) is 7.16. The molecule has 5 nitrogen and oxygen atoms in total. The molecule has 2 aromatic rings. The van der Waals surface area contributed by atoms with E-state index in [1.54, 1.807) is 12.3 Å². The fourth-order valence-corrected chi connectivity index (χ4v) is 1.21. The summed E-state index contributed by atoms with van der Waals surface area (Å²) in [6.45, 7) is 1.37. The summed E-state index contributed by atoms with van der Waals surface area (Å²) >= 11 is 3.27. The number of rotatable bonds is 2. The molecule has 0 fully saturated rings. The van der Waals surface area contributed by atoms with E-state index in [-0.39, 0.29) is 11.7 Å². The average molecular weight is 268 g/mol. The molecule has 0 unspecified atom stereocenters. The van der Waals surface area contributed by atoms with E-state index in [4.69, 9.17) is 4.52 Å². The zero-order valence-corrected chi connectivity index (χ0v) is 9.35. The molecule has 0 radical (unpaired) electrons. The molecule has 76 valence electrons. The van der Waals surface area contributed by atoms with E-state index in [0.29, 0.717) is 11.5 Å². The zero-order valence-electron chi connectivity index (χ0n) is 7.77. The van der Waals surface area contributed by atoms with Crippen LogP contribution in [-0.4, -0.2) is 20.9 Å². The van der Waals surface area contributed by atoms with Crippen LogP contribution in [-0.2, 0) is 0 Å². The summed E-state index contributed by atoms with van der Waals surface area (Å²) in [5, 5.41) is 3.65. The van der Waals surface area contributed by atoms with Crippen molar-refractivity contribution >= 4 is 21.7 Å². The second-order valence-corrected chi connectivity index (χ2v) is 3.76. The average Bonchev–Trinajstić information content (AvgIpc) is 2.68. The first kappa shape index (κ1) is 9.97. The van der Waals surface area contributed by atoms with E-state index >= 15 is 0 Å². The highest BCUT2D eigenvalue weighted by Gasteiger charge is 2.12. The van der Waals surface area contributed by atoms with Crippen LogP contribution in [0.15, 0.2) is 27.3 Å². The van der Waals surface area contributed by atoms with Crippen molar-refractivity contribution < 1.29 is 9.32 Å². The van der Waals surface area contributed by atoms with Crippen LogP contribution in [0.4, 0.5) is 0 Å². The Morgan fingerprint density at radius 2 is 2.27 bits per heavy atom. The van der Waals surface area contributed by atoms with Crippen molar-refractivity contribution in [1.82, 2.24) is 15.1 Å². The number of ketones is 1. The molecule has 0 aromatic carbocycles. The summed E-state index contributed by atoms with van der Waals surface area (Å²) in [4.78, 5) is 18.9. The van der Waals surface area contributed by atoms with Crippen LogP contribution < -0.4 is 0 Å². The molecular weight excluding hydrogens is 262 g/mol. The number of Topliss-reactive ketones (excluding diaryl/α,β-unsaturated/α-hetero) is 1. The molecule has 0 atom stereocenters. The third-order valence-corrected chi connectivity index (χ3v) is 2.15. The molecule has 0 saturated carbocycles. The van der Waals surface area contributed by atoms with Crippen LogP contribution in [0.5, 0.6) is 0 Å². The number of carbonyl (C=O) groups is 1. The quantitative estimate of drug-likeness (QED) is 0.780. The van der Waals surface area contributed by atoms with Crippen LogP contribution >= 0.6 is 15.9 Å². The van der Waals surface area contributed by atoms with Gasteiger partial charge in [0.1, 0.15) is 5.69 Å². The van der Waals surface area contributed by atoms with Gasteiger partial charge in [-0.05, 0) is 28.1 Å². The van der Waals surface area contributed by atoms with E-state index in [1.165, 1.54) is 6.92 Å². The topological polar surface area (TPSA) is 68.9 Å². The van der Waals surface area contributed by atoms with Gasteiger partial charge in [0.25, 0.3) is 5.89 Å². The van der Waals surface area contributed by atoms with Gasteiger partial charge in [-0.25, -0.2) is 0 Å². The van der Waals surface area contributed by atoms with Crippen molar-refractivity contribution in [3.63, 3.8) is 0 Å². The molecule has 0 amide bonds. The van der Waals surface area contributed by atoms with Gasteiger partial charge < -0.3 is 4.52 Å². The summed E-state index contributed by atoms with van der Waals surface area (Å²) in [7, 11) is 0. The van der Waals surface area contributed by atoms with E-state index in [2.05, 4.69) is 31.1 Å². The lowest BCUT2D eigenvalue weighted by Gasteiger charge is -1.92. The van der Waals surface area contributed by atoms with Crippen molar-refractivity contribution in [1.29, 1.82) is 0 Å². The predicted octanol–water partition coefficient (Wildman–Crippen LogP) is 2.10. The summed E-state index contributed by atoms with van der Waals surface area (Å²) in [5.41, 5.74) is 0.564. The van der Waals surface area contributed by atoms with E-state index in [9.17, 15) is 4.79 Å². The second kappa shape index (κ2) is 3.90. The molecule has 0 aliphatic heterocycles. The maximum atomic E-state index is 10.9. The SMILES string of the molecule is CC(=O)c1nc(-c2ccc(Br)cn2)no1. The molecule has 15 heavy (non-hydrogen) atoms. The van der Waals surface area contributed by atoms with E-state index in [1.807, 2.05) is 6.07 Å². The maximum absolute atomic E-state index is 10.9. The summed E-state index contributed by atoms with van der Waals surface area (Å²) in [6, 6.07) is 3.55. The molecular formula is C9H6BrN3O2. The first-order valence-electron chi connectivity index (χ1n) is 4.13. The molecule has 0 saturated heterocycles.